The molecule has 0 aliphatic rings. The largest absolute Gasteiger partial charge is 0.142 e. The van der Waals surface area contributed by atoms with Crippen molar-refractivity contribution in [3.63, 3.8) is 0 Å². The molecule has 2 rings (SSSR count). The summed E-state index contributed by atoms with van der Waals surface area (Å²) in [5.74, 6) is 0. The van der Waals surface area contributed by atoms with E-state index in [1.807, 2.05) is 12.1 Å². The van der Waals surface area contributed by atoms with Gasteiger partial charge in [0, 0.05) is 9.79 Å². The Bertz CT molecular complexity index is 360. The number of hydrogen-bond acceptors (Lipinski definition) is 5. The maximum absolute atomic E-state index is 4.22. The third-order valence-electron chi connectivity index (χ3n) is 1.34. The molecule has 0 atom stereocenters. The number of fused-ring (bicyclic) bond motifs is 1. The van der Waals surface area contributed by atoms with Gasteiger partial charge in [-0.15, -0.1) is 30.4 Å². The van der Waals surface area contributed by atoms with Crippen LogP contribution in [-0.4, -0.2) is 9.59 Å². The number of nitrogens with zero attached hydrogens (tertiary/aromatic N) is 2. The van der Waals surface area contributed by atoms with Gasteiger partial charge in [0.05, 0.1) is 4.70 Å². The molecule has 0 N–H and O–H groups in total. The fourth-order valence-corrected chi connectivity index (χ4v) is 1.85. The van der Waals surface area contributed by atoms with E-state index >= 15 is 0 Å². The molecule has 56 valence electrons. The van der Waals surface area contributed by atoms with Crippen LogP contribution in [0.2, 0.25) is 0 Å². The zero-order valence-electron chi connectivity index (χ0n) is 5.35. The van der Waals surface area contributed by atoms with Gasteiger partial charge in [0.15, 0.2) is 0 Å². The van der Waals surface area contributed by atoms with E-state index in [0.717, 1.165) is 20.0 Å². The van der Waals surface area contributed by atoms with Crippen molar-refractivity contribution in [1.82, 2.24) is 9.59 Å². The molecule has 1 heterocycles. The first-order chi connectivity index (χ1) is 5.27. The van der Waals surface area contributed by atoms with Crippen LogP contribution in [0.4, 0.5) is 0 Å². The van der Waals surface area contributed by atoms with E-state index in [1.54, 1.807) is 0 Å². The van der Waals surface area contributed by atoms with Crippen LogP contribution in [-0.2, 0) is 0 Å². The van der Waals surface area contributed by atoms with Crippen LogP contribution in [0, 0.1) is 0 Å². The van der Waals surface area contributed by atoms with Gasteiger partial charge >= 0.3 is 0 Å². The molecule has 0 unspecified atom stereocenters. The number of hydrogen-bond donors (Lipinski definition) is 2. The zero-order valence-corrected chi connectivity index (χ0v) is 7.96. The van der Waals surface area contributed by atoms with Gasteiger partial charge in [-0.3, -0.25) is 0 Å². The average Bonchev–Trinajstić information content (AvgIpc) is 2.36. The Morgan fingerprint density at radius 2 is 1.91 bits per heavy atom. The van der Waals surface area contributed by atoms with Crippen LogP contribution in [0.15, 0.2) is 21.9 Å². The van der Waals surface area contributed by atoms with E-state index in [4.69, 9.17) is 0 Å². The van der Waals surface area contributed by atoms with Crippen molar-refractivity contribution in [1.29, 1.82) is 0 Å². The van der Waals surface area contributed by atoms with Gasteiger partial charge in [0.25, 0.3) is 0 Å². The Labute approximate surface area is 78.6 Å². The summed E-state index contributed by atoms with van der Waals surface area (Å²) in [6.45, 7) is 0. The Hall–Kier alpha value is -0.260. The zero-order chi connectivity index (χ0) is 7.84. The Balaban J connectivity index is 2.86. The van der Waals surface area contributed by atoms with Crippen molar-refractivity contribution >= 4 is 47.0 Å². The summed E-state index contributed by atoms with van der Waals surface area (Å²) in [6.07, 6.45) is 0. The monoisotopic (exact) mass is 200 g/mol. The maximum atomic E-state index is 4.22. The lowest BCUT2D eigenvalue weighted by molar-refractivity contribution is 1.18. The minimum absolute atomic E-state index is 0.841. The summed E-state index contributed by atoms with van der Waals surface area (Å²) < 4.78 is 4.86. The van der Waals surface area contributed by atoms with Gasteiger partial charge in [0.2, 0.25) is 0 Å². The van der Waals surface area contributed by atoms with Crippen molar-refractivity contribution in [2.45, 2.75) is 9.79 Å². The second-order valence-electron chi connectivity index (χ2n) is 2.08. The highest BCUT2D eigenvalue weighted by molar-refractivity contribution is 7.83. The fourth-order valence-electron chi connectivity index (χ4n) is 0.806. The highest BCUT2D eigenvalue weighted by Crippen LogP contribution is 2.25. The number of aromatic nitrogens is 2. The molecule has 0 saturated carbocycles. The summed E-state index contributed by atoms with van der Waals surface area (Å²) in [7, 11) is 0. The third kappa shape index (κ3) is 1.23. The highest BCUT2D eigenvalue weighted by Gasteiger charge is 2.01. The van der Waals surface area contributed by atoms with Crippen molar-refractivity contribution < 1.29 is 0 Å². The first-order valence-electron chi connectivity index (χ1n) is 2.91. The molecule has 0 aliphatic carbocycles. The molecule has 2 aromatic rings. The van der Waals surface area contributed by atoms with Crippen molar-refractivity contribution in [2.24, 2.45) is 0 Å². The molecule has 5 heteroatoms. The summed E-state index contributed by atoms with van der Waals surface area (Å²) in [6, 6.07) is 3.79. The van der Waals surface area contributed by atoms with Crippen LogP contribution in [0.5, 0.6) is 0 Å². The molecule has 1 aromatic heterocycles. The van der Waals surface area contributed by atoms with Crippen LogP contribution < -0.4 is 0 Å². The summed E-state index contributed by atoms with van der Waals surface area (Å²) >= 11 is 9.80. The van der Waals surface area contributed by atoms with E-state index < -0.39 is 0 Å². The van der Waals surface area contributed by atoms with E-state index in [0.29, 0.717) is 0 Å². The van der Waals surface area contributed by atoms with Crippen LogP contribution in [0.1, 0.15) is 0 Å². The van der Waals surface area contributed by atoms with Gasteiger partial charge in [-0.1, -0.05) is 4.49 Å². The quantitative estimate of drug-likeness (QED) is 0.638. The molecular weight excluding hydrogens is 196 g/mol. The predicted octanol–water partition coefficient (Wildman–Crippen LogP) is 2.27. The average molecular weight is 200 g/mol. The van der Waals surface area contributed by atoms with Crippen molar-refractivity contribution in [3.8, 4) is 0 Å². The van der Waals surface area contributed by atoms with E-state index in [9.17, 15) is 0 Å². The topological polar surface area (TPSA) is 25.8 Å². The smallest absolute Gasteiger partial charge is 0.107 e. The normalized spacial score (nSPS) is 10.7. The number of benzene rings is 1. The molecular formula is C6H4N2S3. The van der Waals surface area contributed by atoms with Crippen molar-refractivity contribution in [3.05, 3.63) is 12.1 Å². The lowest BCUT2D eigenvalue weighted by Gasteiger charge is -1.94. The lowest BCUT2D eigenvalue weighted by Crippen LogP contribution is -1.72. The maximum Gasteiger partial charge on any atom is 0.107 e. The highest BCUT2D eigenvalue weighted by atomic mass is 32.1. The molecule has 0 fully saturated rings. The second kappa shape index (κ2) is 2.66. The number of rotatable bonds is 0. The first-order valence-corrected chi connectivity index (χ1v) is 4.58. The minimum atomic E-state index is 0.841. The van der Waals surface area contributed by atoms with Gasteiger partial charge in [-0.2, -0.15) is 0 Å². The molecule has 2 nitrogen and oxygen atoms in total. The van der Waals surface area contributed by atoms with Gasteiger partial charge in [-0.25, -0.2) is 0 Å². The first kappa shape index (κ1) is 7.39. The molecule has 11 heavy (non-hydrogen) atoms. The number of thiol groups is 2. The summed E-state index contributed by atoms with van der Waals surface area (Å²) in [4.78, 5) is 1.71. The van der Waals surface area contributed by atoms with E-state index in [1.165, 1.54) is 11.5 Å². The van der Waals surface area contributed by atoms with Gasteiger partial charge in [0.1, 0.15) is 5.52 Å². The fraction of sp³-hybridized carbons (Fsp3) is 0. The van der Waals surface area contributed by atoms with Crippen LogP contribution in [0.25, 0.3) is 10.2 Å². The molecule has 0 spiro atoms. The Kier molecular flexibility index (Phi) is 1.78. The van der Waals surface area contributed by atoms with E-state index in [2.05, 4.69) is 34.8 Å². The molecule has 0 aliphatic heterocycles. The van der Waals surface area contributed by atoms with E-state index in [-0.39, 0.29) is 0 Å². The Morgan fingerprint density at radius 1 is 1.18 bits per heavy atom. The van der Waals surface area contributed by atoms with Crippen LogP contribution >= 0.6 is 36.8 Å². The van der Waals surface area contributed by atoms with Gasteiger partial charge in [-0.05, 0) is 23.7 Å². The van der Waals surface area contributed by atoms with Gasteiger partial charge < -0.3 is 0 Å². The molecule has 1 aromatic carbocycles. The molecule has 0 bridgehead atoms. The molecule has 0 saturated heterocycles. The molecule has 0 radical (unpaired) electrons. The molecule has 0 amide bonds. The standard InChI is InChI=1S/C6H4N2S3/c9-4-1-3-6(2-5(4)10)11-8-7-3/h1-2,9-10H. The Morgan fingerprint density at radius 3 is 2.73 bits per heavy atom. The third-order valence-corrected chi connectivity index (χ3v) is 2.95. The van der Waals surface area contributed by atoms with Crippen molar-refractivity contribution in [2.75, 3.05) is 0 Å². The summed E-state index contributed by atoms with van der Waals surface area (Å²) in [5, 5.41) is 3.91. The second-order valence-corrected chi connectivity index (χ2v) is 3.83. The SMILES string of the molecule is Sc1cc2nnsc2cc1S. The summed E-state index contributed by atoms with van der Waals surface area (Å²) in [5.41, 5.74) is 0.887. The minimum Gasteiger partial charge on any atom is -0.142 e. The van der Waals surface area contributed by atoms with Crippen LogP contribution in [0.3, 0.4) is 0 Å². The predicted molar refractivity (Wildman–Crippen MR) is 51.9 cm³/mol. The lowest BCUT2D eigenvalue weighted by atomic mass is 10.3.